The average molecular weight is 378 g/mol. The predicted octanol–water partition coefficient (Wildman–Crippen LogP) is 2.81. The van der Waals surface area contributed by atoms with E-state index in [2.05, 4.69) is 20.6 Å². The summed E-state index contributed by atoms with van der Waals surface area (Å²) in [5, 5.41) is 14.7. The van der Waals surface area contributed by atoms with Gasteiger partial charge in [0.25, 0.3) is 5.56 Å². The second-order valence-corrected chi connectivity index (χ2v) is 6.31. The van der Waals surface area contributed by atoms with E-state index in [-0.39, 0.29) is 18.2 Å². The highest BCUT2D eigenvalue weighted by atomic mass is 16.3. The van der Waals surface area contributed by atoms with Gasteiger partial charge >= 0.3 is 6.03 Å². The maximum Gasteiger partial charge on any atom is 0.319 e. The first kappa shape index (κ1) is 19.3. The van der Waals surface area contributed by atoms with Gasteiger partial charge in [0, 0.05) is 29.6 Å². The first-order valence-corrected chi connectivity index (χ1v) is 9.01. The predicted molar refractivity (Wildman–Crippen MR) is 108 cm³/mol. The highest BCUT2D eigenvalue weighted by Crippen LogP contribution is 2.19. The number of carbonyl (C=O) groups is 1. The molecule has 0 spiro atoms. The van der Waals surface area contributed by atoms with Crippen molar-refractivity contribution in [2.24, 2.45) is 0 Å². The van der Waals surface area contributed by atoms with E-state index >= 15 is 0 Å². The van der Waals surface area contributed by atoms with Crippen LogP contribution in [-0.2, 0) is 19.6 Å². The lowest BCUT2D eigenvalue weighted by Gasteiger charge is -2.10. The van der Waals surface area contributed by atoms with E-state index in [0.29, 0.717) is 35.7 Å². The Labute approximate surface area is 162 Å². The van der Waals surface area contributed by atoms with Crippen LogP contribution in [-0.4, -0.2) is 21.1 Å². The van der Waals surface area contributed by atoms with Crippen LogP contribution in [0.1, 0.15) is 23.7 Å². The fraction of sp³-hybridized carbons (Fsp3) is 0.190. The number of rotatable bonds is 6. The van der Waals surface area contributed by atoms with Crippen molar-refractivity contribution in [1.29, 1.82) is 0 Å². The molecule has 7 heteroatoms. The van der Waals surface area contributed by atoms with Gasteiger partial charge in [0.05, 0.1) is 6.61 Å². The van der Waals surface area contributed by atoms with E-state index < -0.39 is 0 Å². The fourth-order valence-electron chi connectivity index (χ4n) is 2.77. The molecule has 0 saturated heterocycles. The molecule has 0 aliphatic rings. The molecule has 0 unspecified atom stereocenters. The Morgan fingerprint density at radius 1 is 1.11 bits per heavy atom. The van der Waals surface area contributed by atoms with E-state index in [4.69, 9.17) is 0 Å². The number of urea groups is 1. The van der Waals surface area contributed by atoms with E-state index in [1.54, 1.807) is 18.2 Å². The maximum absolute atomic E-state index is 12.2. The van der Waals surface area contributed by atoms with Crippen molar-refractivity contribution < 1.29 is 9.90 Å². The maximum atomic E-state index is 12.2. The summed E-state index contributed by atoms with van der Waals surface area (Å²) < 4.78 is 0. The van der Waals surface area contributed by atoms with Crippen LogP contribution in [0.15, 0.2) is 59.4 Å². The van der Waals surface area contributed by atoms with Crippen LogP contribution in [0.25, 0.3) is 11.4 Å². The molecule has 0 aliphatic heterocycles. The number of hydrogen-bond donors (Lipinski definition) is 4. The third-order valence-corrected chi connectivity index (χ3v) is 4.18. The minimum absolute atomic E-state index is 0.0395. The van der Waals surface area contributed by atoms with E-state index in [1.807, 2.05) is 37.3 Å². The normalized spacial score (nSPS) is 10.5. The van der Waals surface area contributed by atoms with Crippen LogP contribution in [0, 0.1) is 0 Å². The van der Waals surface area contributed by atoms with Gasteiger partial charge in [-0.05, 0) is 29.7 Å². The zero-order valence-electron chi connectivity index (χ0n) is 15.5. The Balaban J connectivity index is 1.68. The van der Waals surface area contributed by atoms with Crippen molar-refractivity contribution in [3.63, 3.8) is 0 Å². The van der Waals surface area contributed by atoms with Crippen LogP contribution in [0.3, 0.4) is 0 Å². The molecule has 1 aromatic heterocycles. The quantitative estimate of drug-likeness (QED) is 0.529. The topological polar surface area (TPSA) is 107 Å². The van der Waals surface area contributed by atoms with Crippen LogP contribution in [0.5, 0.6) is 0 Å². The summed E-state index contributed by atoms with van der Waals surface area (Å²) in [6.07, 6.45) is 0.661. The molecule has 2 amide bonds. The third kappa shape index (κ3) is 5.05. The Kier molecular flexibility index (Phi) is 6.18. The van der Waals surface area contributed by atoms with Gasteiger partial charge in [-0.1, -0.05) is 43.3 Å². The summed E-state index contributed by atoms with van der Waals surface area (Å²) in [7, 11) is 0. The van der Waals surface area contributed by atoms with Gasteiger partial charge in [0.15, 0.2) is 0 Å². The number of aromatic amines is 1. The summed E-state index contributed by atoms with van der Waals surface area (Å²) in [6.45, 7) is 2.24. The second-order valence-electron chi connectivity index (χ2n) is 6.31. The molecule has 0 fully saturated rings. The lowest BCUT2D eigenvalue weighted by molar-refractivity contribution is 0.251. The number of aromatic nitrogens is 2. The van der Waals surface area contributed by atoms with Crippen molar-refractivity contribution in [1.82, 2.24) is 15.3 Å². The summed E-state index contributed by atoms with van der Waals surface area (Å²) in [5.74, 6) is 0.467. The minimum Gasteiger partial charge on any atom is -0.392 e. The average Bonchev–Trinajstić information content (AvgIpc) is 2.72. The van der Waals surface area contributed by atoms with Crippen LogP contribution in [0.2, 0.25) is 0 Å². The monoisotopic (exact) mass is 378 g/mol. The largest absolute Gasteiger partial charge is 0.392 e. The molecule has 4 N–H and O–H groups in total. The number of aryl methyl sites for hydroxylation is 1. The molecule has 1 heterocycles. The Morgan fingerprint density at radius 3 is 2.68 bits per heavy atom. The highest BCUT2D eigenvalue weighted by Gasteiger charge is 2.07. The van der Waals surface area contributed by atoms with Gasteiger partial charge in [-0.3, -0.25) is 4.79 Å². The van der Waals surface area contributed by atoms with Gasteiger partial charge in [0.1, 0.15) is 5.82 Å². The molecule has 28 heavy (non-hydrogen) atoms. The van der Waals surface area contributed by atoms with E-state index in [1.165, 1.54) is 6.07 Å². The number of nitrogens with zero attached hydrogens (tertiary/aromatic N) is 1. The molecule has 7 nitrogen and oxygen atoms in total. The Hall–Kier alpha value is -3.45. The summed E-state index contributed by atoms with van der Waals surface area (Å²) in [5.41, 5.74) is 3.49. The molecule has 0 saturated carbocycles. The summed E-state index contributed by atoms with van der Waals surface area (Å²) in [6, 6.07) is 15.6. The zero-order valence-corrected chi connectivity index (χ0v) is 15.5. The van der Waals surface area contributed by atoms with E-state index in [0.717, 1.165) is 11.1 Å². The Morgan fingerprint density at radius 2 is 1.89 bits per heavy atom. The lowest BCUT2D eigenvalue weighted by atomic mass is 10.1. The summed E-state index contributed by atoms with van der Waals surface area (Å²) in [4.78, 5) is 31.1. The van der Waals surface area contributed by atoms with Crippen molar-refractivity contribution in [2.75, 3.05) is 5.32 Å². The first-order chi connectivity index (χ1) is 13.6. The highest BCUT2D eigenvalue weighted by molar-refractivity contribution is 5.89. The molecular weight excluding hydrogens is 356 g/mol. The van der Waals surface area contributed by atoms with Crippen molar-refractivity contribution >= 4 is 11.7 Å². The van der Waals surface area contributed by atoms with Gasteiger partial charge in [-0.2, -0.15) is 0 Å². The first-order valence-electron chi connectivity index (χ1n) is 9.01. The number of carbonyl (C=O) groups excluding carboxylic acids is 1. The van der Waals surface area contributed by atoms with Gasteiger partial charge in [-0.15, -0.1) is 0 Å². The van der Waals surface area contributed by atoms with Crippen LogP contribution >= 0.6 is 0 Å². The molecule has 3 rings (SSSR count). The number of anilines is 1. The number of aliphatic hydroxyl groups is 1. The number of aliphatic hydroxyl groups excluding tert-OH is 1. The van der Waals surface area contributed by atoms with Crippen LogP contribution in [0.4, 0.5) is 10.5 Å². The number of nitrogens with one attached hydrogen (secondary N) is 3. The third-order valence-electron chi connectivity index (χ3n) is 4.18. The zero-order chi connectivity index (χ0) is 19.9. The van der Waals surface area contributed by atoms with Gasteiger partial charge < -0.3 is 20.7 Å². The fourth-order valence-corrected chi connectivity index (χ4v) is 2.77. The summed E-state index contributed by atoms with van der Waals surface area (Å²) >= 11 is 0. The molecule has 0 bridgehead atoms. The molecular formula is C21H22N4O3. The Bertz CT molecular complexity index is 1030. The smallest absolute Gasteiger partial charge is 0.319 e. The molecule has 0 atom stereocenters. The number of benzene rings is 2. The van der Waals surface area contributed by atoms with E-state index in [9.17, 15) is 14.7 Å². The lowest BCUT2D eigenvalue weighted by Crippen LogP contribution is -2.28. The molecule has 3 aromatic rings. The van der Waals surface area contributed by atoms with Gasteiger partial charge in [-0.25, -0.2) is 9.78 Å². The minimum atomic E-state index is -0.352. The van der Waals surface area contributed by atoms with Crippen LogP contribution < -0.4 is 16.2 Å². The molecule has 144 valence electrons. The van der Waals surface area contributed by atoms with Gasteiger partial charge in [0.2, 0.25) is 0 Å². The number of hydrogen-bond acceptors (Lipinski definition) is 4. The second kappa shape index (κ2) is 8.96. The number of H-pyrrole nitrogens is 1. The molecule has 0 aliphatic carbocycles. The SMILES string of the molecule is CCc1cc(=O)[nH]c(-c2cccc(NC(=O)NCc3cccc(CO)c3)c2)n1. The molecule has 2 aromatic carbocycles. The van der Waals surface area contributed by atoms with Crippen molar-refractivity contribution in [3.8, 4) is 11.4 Å². The number of amides is 2. The standard InChI is InChI=1S/C21H22N4O3/c1-2-17-11-19(27)25-20(23-17)16-7-4-8-18(10-16)24-21(28)22-12-14-5-3-6-15(9-14)13-26/h3-11,26H,2,12-13H2,1H3,(H2,22,24,28)(H,23,25,27). The molecule has 0 radical (unpaired) electrons. The van der Waals surface area contributed by atoms with Crippen molar-refractivity contribution in [3.05, 3.63) is 81.8 Å². The van der Waals surface area contributed by atoms with Crippen molar-refractivity contribution in [2.45, 2.75) is 26.5 Å².